The molecule has 0 aliphatic heterocycles. The zero-order valence-corrected chi connectivity index (χ0v) is 7.74. The summed E-state index contributed by atoms with van der Waals surface area (Å²) in [6.45, 7) is 4.21. The highest BCUT2D eigenvalue weighted by atomic mass is 16.1. The average molecular weight is 166 g/mol. The highest BCUT2D eigenvalue weighted by molar-refractivity contribution is 5.02. The van der Waals surface area contributed by atoms with E-state index in [-0.39, 0.29) is 5.56 Å². The van der Waals surface area contributed by atoms with Crippen molar-refractivity contribution in [2.75, 3.05) is 0 Å². The third-order valence-corrected chi connectivity index (χ3v) is 2.11. The molecule has 12 heavy (non-hydrogen) atoms. The Morgan fingerprint density at radius 1 is 1.67 bits per heavy atom. The van der Waals surface area contributed by atoms with Crippen molar-refractivity contribution < 1.29 is 0 Å². The van der Waals surface area contributed by atoms with Crippen molar-refractivity contribution in [3.63, 3.8) is 0 Å². The SMILES string of the molecule is CCC(C)c1cn(C)c(=O)cn1. The van der Waals surface area contributed by atoms with Gasteiger partial charge in [-0.2, -0.15) is 0 Å². The topological polar surface area (TPSA) is 34.9 Å². The minimum absolute atomic E-state index is 0.0537. The molecule has 0 N–H and O–H groups in total. The Kier molecular flexibility index (Phi) is 2.63. The van der Waals surface area contributed by atoms with Crippen molar-refractivity contribution >= 4 is 0 Å². The van der Waals surface area contributed by atoms with Gasteiger partial charge in [0.2, 0.25) is 0 Å². The minimum Gasteiger partial charge on any atom is -0.315 e. The summed E-state index contributed by atoms with van der Waals surface area (Å²) in [5.74, 6) is 0.428. The molecule has 0 radical (unpaired) electrons. The Balaban J connectivity index is 3.04. The van der Waals surface area contributed by atoms with Gasteiger partial charge < -0.3 is 4.57 Å². The Hall–Kier alpha value is -1.12. The fourth-order valence-electron chi connectivity index (χ4n) is 0.980. The summed E-state index contributed by atoms with van der Waals surface area (Å²) in [5.41, 5.74) is 0.932. The number of hydrogen-bond acceptors (Lipinski definition) is 2. The maximum atomic E-state index is 11.0. The van der Waals surface area contributed by atoms with Gasteiger partial charge >= 0.3 is 0 Å². The lowest BCUT2D eigenvalue weighted by atomic mass is 10.1. The van der Waals surface area contributed by atoms with Gasteiger partial charge in [-0.3, -0.25) is 9.78 Å². The molecular formula is C9H14N2O. The molecule has 0 aromatic carbocycles. The highest BCUT2D eigenvalue weighted by Crippen LogP contribution is 2.13. The molecule has 3 nitrogen and oxygen atoms in total. The van der Waals surface area contributed by atoms with Gasteiger partial charge in [-0.05, 0) is 12.3 Å². The summed E-state index contributed by atoms with van der Waals surface area (Å²) in [6.07, 6.45) is 4.23. The van der Waals surface area contributed by atoms with Crippen LogP contribution in [-0.4, -0.2) is 9.55 Å². The van der Waals surface area contributed by atoms with Crippen LogP contribution in [0.4, 0.5) is 0 Å². The lowest BCUT2D eigenvalue weighted by Crippen LogP contribution is -2.17. The van der Waals surface area contributed by atoms with E-state index in [1.54, 1.807) is 17.8 Å². The van der Waals surface area contributed by atoms with Crippen LogP contribution in [0.15, 0.2) is 17.2 Å². The van der Waals surface area contributed by atoms with Gasteiger partial charge in [0, 0.05) is 13.2 Å². The largest absolute Gasteiger partial charge is 0.315 e. The van der Waals surface area contributed by atoms with Gasteiger partial charge in [-0.1, -0.05) is 13.8 Å². The number of rotatable bonds is 2. The van der Waals surface area contributed by atoms with Crippen LogP contribution in [0.2, 0.25) is 0 Å². The molecule has 0 aliphatic carbocycles. The summed E-state index contributed by atoms with van der Waals surface area (Å²) in [6, 6.07) is 0. The molecule has 1 unspecified atom stereocenters. The molecule has 0 bridgehead atoms. The highest BCUT2D eigenvalue weighted by Gasteiger charge is 2.04. The lowest BCUT2D eigenvalue weighted by Gasteiger charge is -2.07. The number of aryl methyl sites for hydroxylation is 1. The van der Waals surface area contributed by atoms with E-state index in [9.17, 15) is 4.79 Å². The van der Waals surface area contributed by atoms with E-state index in [4.69, 9.17) is 0 Å². The van der Waals surface area contributed by atoms with Crippen LogP contribution in [0.5, 0.6) is 0 Å². The van der Waals surface area contributed by atoms with Gasteiger partial charge in [0.1, 0.15) is 0 Å². The van der Waals surface area contributed by atoms with Crippen LogP contribution in [-0.2, 0) is 7.05 Å². The molecule has 0 saturated heterocycles. The fraction of sp³-hybridized carbons (Fsp3) is 0.556. The minimum atomic E-state index is -0.0537. The monoisotopic (exact) mass is 166 g/mol. The van der Waals surface area contributed by atoms with E-state index in [1.807, 2.05) is 0 Å². The van der Waals surface area contributed by atoms with Crippen molar-refractivity contribution in [2.45, 2.75) is 26.2 Å². The Labute approximate surface area is 72.1 Å². The molecule has 0 aliphatic rings. The van der Waals surface area contributed by atoms with Crippen LogP contribution in [0, 0.1) is 0 Å². The third kappa shape index (κ3) is 1.72. The van der Waals surface area contributed by atoms with Gasteiger partial charge in [-0.25, -0.2) is 0 Å². The van der Waals surface area contributed by atoms with Crippen LogP contribution in [0.3, 0.4) is 0 Å². The van der Waals surface area contributed by atoms with Crippen molar-refractivity contribution in [3.8, 4) is 0 Å². The van der Waals surface area contributed by atoms with E-state index in [1.165, 1.54) is 6.20 Å². The average Bonchev–Trinajstić information content (AvgIpc) is 2.08. The fourth-order valence-corrected chi connectivity index (χ4v) is 0.980. The first-order valence-corrected chi connectivity index (χ1v) is 4.17. The maximum absolute atomic E-state index is 11.0. The number of nitrogens with zero attached hydrogens (tertiary/aromatic N) is 2. The molecule has 0 spiro atoms. The Morgan fingerprint density at radius 2 is 2.33 bits per heavy atom. The first kappa shape index (κ1) is 8.97. The molecule has 0 amide bonds. The Morgan fingerprint density at radius 3 is 2.83 bits per heavy atom. The molecule has 0 saturated carbocycles. The lowest BCUT2D eigenvalue weighted by molar-refractivity contribution is 0.681. The zero-order chi connectivity index (χ0) is 9.14. The van der Waals surface area contributed by atoms with Gasteiger partial charge in [-0.15, -0.1) is 0 Å². The molecule has 3 heteroatoms. The van der Waals surface area contributed by atoms with Crippen molar-refractivity contribution in [1.29, 1.82) is 0 Å². The van der Waals surface area contributed by atoms with Gasteiger partial charge in [0.05, 0.1) is 11.9 Å². The maximum Gasteiger partial charge on any atom is 0.268 e. The van der Waals surface area contributed by atoms with Gasteiger partial charge in [0.15, 0.2) is 0 Å². The molecule has 1 atom stereocenters. The van der Waals surface area contributed by atoms with Crippen LogP contribution < -0.4 is 5.56 Å². The standard InChI is InChI=1S/C9H14N2O/c1-4-7(2)8-6-11(3)9(12)5-10-8/h5-7H,4H2,1-3H3. The molecule has 1 rings (SSSR count). The molecule has 66 valence electrons. The Bertz CT molecular complexity index is 317. The van der Waals surface area contributed by atoms with Crippen LogP contribution in [0.1, 0.15) is 31.9 Å². The summed E-state index contributed by atoms with van der Waals surface area (Å²) >= 11 is 0. The van der Waals surface area contributed by atoms with E-state index >= 15 is 0 Å². The summed E-state index contributed by atoms with van der Waals surface area (Å²) in [5, 5.41) is 0. The number of aromatic nitrogens is 2. The predicted octanol–water partition coefficient (Wildman–Crippen LogP) is 1.29. The normalized spacial score (nSPS) is 12.9. The molecule has 0 fully saturated rings. The first-order chi connectivity index (χ1) is 5.65. The molecule has 1 aromatic heterocycles. The zero-order valence-electron chi connectivity index (χ0n) is 7.74. The molecule has 1 heterocycles. The second kappa shape index (κ2) is 3.52. The third-order valence-electron chi connectivity index (χ3n) is 2.11. The first-order valence-electron chi connectivity index (χ1n) is 4.17. The second-order valence-corrected chi connectivity index (χ2v) is 3.07. The van der Waals surface area contributed by atoms with Crippen LogP contribution in [0.25, 0.3) is 0 Å². The quantitative estimate of drug-likeness (QED) is 0.663. The summed E-state index contributed by atoms with van der Waals surface area (Å²) < 4.78 is 1.56. The van der Waals surface area contributed by atoms with E-state index in [0.717, 1.165) is 12.1 Å². The van der Waals surface area contributed by atoms with Crippen molar-refractivity contribution in [3.05, 3.63) is 28.4 Å². The molecule has 1 aromatic rings. The number of hydrogen-bond donors (Lipinski definition) is 0. The molecular weight excluding hydrogens is 152 g/mol. The van der Waals surface area contributed by atoms with Crippen molar-refractivity contribution in [1.82, 2.24) is 9.55 Å². The van der Waals surface area contributed by atoms with Crippen LogP contribution >= 0.6 is 0 Å². The van der Waals surface area contributed by atoms with Crippen molar-refractivity contribution in [2.24, 2.45) is 7.05 Å². The van der Waals surface area contributed by atoms with E-state index in [0.29, 0.717) is 5.92 Å². The summed E-state index contributed by atoms with van der Waals surface area (Å²) in [4.78, 5) is 15.1. The van der Waals surface area contributed by atoms with E-state index in [2.05, 4.69) is 18.8 Å². The van der Waals surface area contributed by atoms with E-state index < -0.39 is 0 Å². The smallest absolute Gasteiger partial charge is 0.268 e. The predicted molar refractivity (Wildman–Crippen MR) is 48.2 cm³/mol. The van der Waals surface area contributed by atoms with Gasteiger partial charge in [0.25, 0.3) is 5.56 Å². The second-order valence-electron chi connectivity index (χ2n) is 3.07. The summed E-state index contributed by atoms with van der Waals surface area (Å²) in [7, 11) is 1.75.